The summed E-state index contributed by atoms with van der Waals surface area (Å²) >= 11 is 0. The van der Waals surface area contributed by atoms with Gasteiger partial charge in [0.05, 0.1) is 24.1 Å². The number of nitrogens with zero attached hydrogens (tertiary/aromatic N) is 3. The lowest BCUT2D eigenvalue weighted by molar-refractivity contribution is -0.111. The Hall–Kier alpha value is -4.12. The number of rotatable bonds is 8. The highest BCUT2D eigenvalue weighted by Gasteiger charge is 2.37. The number of hydrogen-bond acceptors (Lipinski definition) is 7. The highest BCUT2D eigenvalue weighted by atomic mass is 19.4. The number of nitrogens with one attached hydrogen (secondary N) is 3. The summed E-state index contributed by atoms with van der Waals surface area (Å²) in [5, 5.41) is 8.73. The first-order chi connectivity index (χ1) is 21.1. The largest absolute Gasteiger partial charge is 0.481 e. The fraction of sp³-hybridized carbons (Fsp3) is 0.424. The lowest BCUT2D eigenvalue weighted by Gasteiger charge is -2.27. The molecule has 1 atom stereocenters. The number of alkyl halides is 3. The van der Waals surface area contributed by atoms with Crippen LogP contribution in [0, 0.1) is 6.92 Å². The third-order valence-corrected chi connectivity index (χ3v) is 7.76. The zero-order valence-electron chi connectivity index (χ0n) is 25.6. The first kappa shape index (κ1) is 32.8. The molecule has 1 saturated heterocycles. The van der Waals surface area contributed by atoms with Crippen LogP contribution in [-0.4, -0.2) is 54.5 Å². The van der Waals surface area contributed by atoms with E-state index in [4.69, 9.17) is 9.72 Å². The third-order valence-electron chi connectivity index (χ3n) is 7.76. The molecular weight excluding hydrogens is 569 g/mol. The van der Waals surface area contributed by atoms with Gasteiger partial charge in [0, 0.05) is 23.4 Å². The Morgan fingerprint density at radius 1 is 1.09 bits per heavy atom. The number of aromatic nitrogens is 1. The van der Waals surface area contributed by atoms with Crippen LogP contribution in [-0.2, 0) is 4.79 Å². The molecule has 0 bridgehead atoms. The Morgan fingerprint density at radius 3 is 2.61 bits per heavy atom. The van der Waals surface area contributed by atoms with E-state index in [0.29, 0.717) is 23.7 Å². The van der Waals surface area contributed by atoms with Crippen LogP contribution in [0.4, 0.5) is 30.2 Å². The van der Waals surface area contributed by atoms with E-state index in [2.05, 4.69) is 39.3 Å². The zero-order valence-corrected chi connectivity index (χ0v) is 25.6. The molecule has 0 radical (unpaired) electrons. The predicted molar refractivity (Wildman–Crippen MR) is 170 cm³/mol. The van der Waals surface area contributed by atoms with E-state index in [1.165, 1.54) is 0 Å². The maximum atomic E-state index is 14.3. The summed E-state index contributed by atoms with van der Waals surface area (Å²) in [5.74, 6) is 0.0278. The van der Waals surface area contributed by atoms with E-state index < -0.39 is 23.5 Å². The molecule has 236 valence electrons. The van der Waals surface area contributed by atoms with Gasteiger partial charge in [0.1, 0.15) is 11.7 Å². The molecule has 0 aliphatic carbocycles. The van der Waals surface area contributed by atoms with E-state index in [1.807, 2.05) is 13.0 Å². The number of pyridine rings is 1. The number of benzene rings is 1. The van der Waals surface area contributed by atoms with Crippen LogP contribution in [0.25, 0.3) is 0 Å². The van der Waals surface area contributed by atoms with Crippen molar-refractivity contribution >= 4 is 28.8 Å². The van der Waals surface area contributed by atoms with Crippen molar-refractivity contribution in [1.29, 1.82) is 0 Å². The molecule has 4 rings (SSSR count). The van der Waals surface area contributed by atoms with Gasteiger partial charge in [0.15, 0.2) is 0 Å². The monoisotopic (exact) mass is 610 g/mol. The van der Waals surface area contributed by atoms with Gasteiger partial charge in [-0.3, -0.25) is 4.79 Å². The van der Waals surface area contributed by atoms with Crippen LogP contribution in [0.15, 0.2) is 71.5 Å². The molecule has 1 fully saturated rings. The number of amidine groups is 1. The van der Waals surface area contributed by atoms with Crippen molar-refractivity contribution in [3.8, 4) is 5.88 Å². The molecule has 8 nitrogen and oxygen atoms in total. The van der Waals surface area contributed by atoms with Crippen LogP contribution >= 0.6 is 0 Å². The Morgan fingerprint density at radius 2 is 1.89 bits per heavy atom. The van der Waals surface area contributed by atoms with Gasteiger partial charge < -0.3 is 25.6 Å². The lowest BCUT2D eigenvalue weighted by atomic mass is 9.92. The Bertz CT molecular complexity index is 1430. The van der Waals surface area contributed by atoms with Gasteiger partial charge in [-0.1, -0.05) is 32.1 Å². The van der Waals surface area contributed by atoms with Crippen molar-refractivity contribution in [1.82, 2.24) is 9.88 Å². The molecule has 11 heteroatoms. The van der Waals surface area contributed by atoms with Gasteiger partial charge in [-0.25, -0.2) is 9.98 Å². The van der Waals surface area contributed by atoms with E-state index in [-0.39, 0.29) is 23.8 Å². The molecule has 2 aromatic rings. The molecule has 0 saturated carbocycles. The number of allylic oxidation sites excluding steroid dienone is 2. The van der Waals surface area contributed by atoms with E-state index in [9.17, 15) is 18.0 Å². The van der Waals surface area contributed by atoms with Gasteiger partial charge in [0.2, 0.25) is 11.8 Å². The van der Waals surface area contributed by atoms with Crippen molar-refractivity contribution in [2.24, 2.45) is 4.99 Å². The van der Waals surface area contributed by atoms with Crippen LogP contribution < -0.4 is 20.7 Å². The number of aryl methyl sites for hydroxylation is 1. The third kappa shape index (κ3) is 8.95. The summed E-state index contributed by atoms with van der Waals surface area (Å²) in [6.07, 6.45) is 4.04. The number of aliphatic imine (C=N–C) groups is 1. The fourth-order valence-corrected chi connectivity index (χ4v) is 5.37. The molecule has 44 heavy (non-hydrogen) atoms. The second-order valence-electron chi connectivity index (χ2n) is 11.0. The maximum absolute atomic E-state index is 14.3. The van der Waals surface area contributed by atoms with Crippen molar-refractivity contribution < 1.29 is 22.7 Å². The standard InChI is InChI=1S/C33H41F3N6O2/c1-5-30(43)38-28-19-22(3)14-15-26(28)40-32-25(33(34,35)36)12-7-8-13-29(41-32)37-24-20-27(39-31(21-24)44-4)23-11-9-10-17-42(6-2)18-16-23/h5,12-15,19-21,23H,1,6-11,16-18H2,2-4H3,(H,37,39)(H,38,43)(H,40,41)/b25-12+,29-13+/t23-/m0/s1. The minimum Gasteiger partial charge on any atom is -0.481 e. The average Bonchev–Trinajstić information content (AvgIpc) is 2.95. The first-order valence-electron chi connectivity index (χ1n) is 15.0. The van der Waals surface area contributed by atoms with Gasteiger partial charge >= 0.3 is 6.18 Å². The van der Waals surface area contributed by atoms with Crippen LogP contribution in [0.2, 0.25) is 0 Å². The molecule has 1 aromatic carbocycles. The molecule has 2 aliphatic rings. The second-order valence-corrected chi connectivity index (χ2v) is 11.0. The number of hydrogen-bond donors (Lipinski definition) is 3. The molecule has 0 spiro atoms. The molecule has 1 aromatic heterocycles. The summed E-state index contributed by atoms with van der Waals surface area (Å²) in [5.41, 5.74) is 2.01. The van der Waals surface area contributed by atoms with Gasteiger partial charge in [0.25, 0.3) is 0 Å². The van der Waals surface area contributed by atoms with Crippen molar-refractivity contribution in [3.63, 3.8) is 0 Å². The van der Waals surface area contributed by atoms with Crippen molar-refractivity contribution in [3.05, 3.63) is 77.8 Å². The zero-order chi connectivity index (χ0) is 31.7. The molecule has 2 aliphatic heterocycles. The van der Waals surface area contributed by atoms with Crippen molar-refractivity contribution in [2.45, 2.75) is 64.5 Å². The summed E-state index contributed by atoms with van der Waals surface area (Å²) in [6.45, 7) is 10.5. The van der Waals surface area contributed by atoms with E-state index >= 15 is 0 Å². The molecular formula is C33H41F3N6O2. The van der Waals surface area contributed by atoms with E-state index in [0.717, 1.165) is 68.7 Å². The Labute approximate surface area is 257 Å². The number of methoxy groups -OCH3 is 1. The second kappa shape index (κ2) is 15.1. The number of ether oxygens (including phenoxy) is 1. The average molecular weight is 611 g/mol. The number of carbonyl (C=O) groups excluding carboxylic acids is 1. The first-order valence-corrected chi connectivity index (χ1v) is 15.0. The smallest absolute Gasteiger partial charge is 0.419 e. The van der Waals surface area contributed by atoms with E-state index in [1.54, 1.807) is 37.5 Å². The quantitative estimate of drug-likeness (QED) is 0.268. The predicted octanol–water partition coefficient (Wildman–Crippen LogP) is 7.55. The number of amides is 1. The summed E-state index contributed by atoms with van der Waals surface area (Å²) in [4.78, 5) is 23.7. The number of carbonyl (C=O) groups is 1. The minimum absolute atomic E-state index is 0.162. The highest BCUT2D eigenvalue weighted by molar-refractivity contribution is 6.12. The SMILES string of the molecule is C=CC(=O)Nc1cc(C)ccc1NC1=N/C(Nc2cc(OC)nc([C@H]3CCCCN(CC)CC3)c2)=C/CC/C=C\1C(F)(F)F. The summed E-state index contributed by atoms with van der Waals surface area (Å²) in [6, 6.07) is 8.67. The normalized spacial score (nSPS) is 21.9. The van der Waals surface area contributed by atoms with Crippen molar-refractivity contribution in [2.75, 3.05) is 42.7 Å². The Balaban J connectivity index is 1.69. The summed E-state index contributed by atoms with van der Waals surface area (Å²) < 4.78 is 48.5. The topological polar surface area (TPSA) is 90.9 Å². The fourth-order valence-electron chi connectivity index (χ4n) is 5.37. The van der Waals surface area contributed by atoms with Crippen LogP contribution in [0.1, 0.15) is 62.6 Å². The lowest BCUT2D eigenvalue weighted by Crippen LogP contribution is -2.28. The van der Waals surface area contributed by atoms with Gasteiger partial charge in [-0.05, 0) is 94.6 Å². The Kier molecular flexibility index (Phi) is 11.2. The number of likely N-dealkylation sites (tertiary alicyclic amines) is 1. The molecule has 3 N–H and O–H groups in total. The maximum Gasteiger partial charge on any atom is 0.419 e. The molecule has 0 unspecified atom stereocenters. The summed E-state index contributed by atoms with van der Waals surface area (Å²) in [7, 11) is 1.55. The number of anilines is 3. The number of halogens is 3. The van der Waals surface area contributed by atoms with Gasteiger partial charge in [-0.2, -0.15) is 13.2 Å². The highest BCUT2D eigenvalue weighted by Crippen LogP contribution is 2.34. The minimum atomic E-state index is -4.67. The molecule has 1 amide bonds. The van der Waals surface area contributed by atoms with Crippen LogP contribution in [0.3, 0.4) is 0 Å². The van der Waals surface area contributed by atoms with Gasteiger partial charge in [-0.15, -0.1) is 0 Å². The molecule has 3 heterocycles. The van der Waals surface area contributed by atoms with Crippen LogP contribution in [0.5, 0.6) is 5.88 Å².